The lowest BCUT2D eigenvalue weighted by molar-refractivity contribution is -0.138. The molecule has 1 aliphatic rings. The van der Waals surface area contributed by atoms with Gasteiger partial charge in [0, 0.05) is 6.42 Å². The second kappa shape index (κ2) is 3.09. The molecule has 1 heterocycles. The SMILES string of the molecule is O=C(O)C[C@@H]1Cc2ccccc2O1. The molecule has 2 rings (SSSR count). The summed E-state index contributed by atoms with van der Waals surface area (Å²) in [4.78, 5) is 10.4. The largest absolute Gasteiger partial charge is 0.489 e. The first kappa shape index (κ1) is 8.10. The first-order chi connectivity index (χ1) is 6.25. The molecule has 1 N–H and O–H groups in total. The first-order valence-electron chi connectivity index (χ1n) is 4.22. The third-order valence-electron chi connectivity index (χ3n) is 2.12. The first-order valence-corrected chi connectivity index (χ1v) is 4.22. The van der Waals surface area contributed by atoms with Crippen molar-refractivity contribution in [3.05, 3.63) is 29.8 Å². The summed E-state index contributed by atoms with van der Waals surface area (Å²) in [7, 11) is 0. The van der Waals surface area contributed by atoms with Crippen LogP contribution >= 0.6 is 0 Å². The zero-order valence-electron chi connectivity index (χ0n) is 7.06. The number of fused-ring (bicyclic) bond motifs is 1. The number of hydrogen-bond acceptors (Lipinski definition) is 2. The molecule has 1 aromatic rings. The summed E-state index contributed by atoms with van der Waals surface area (Å²) in [6.07, 6.45) is 0.604. The number of benzene rings is 1. The van der Waals surface area contributed by atoms with Crippen LogP contribution < -0.4 is 4.74 Å². The van der Waals surface area contributed by atoms with Crippen molar-refractivity contribution >= 4 is 5.97 Å². The lowest BCUT2D eigenvalue weighted by atomic mass is 10.1. The van der Waals surface area contributed by atoms with Gasteiger partial charge >= 0.3 is 5.97 Å². The molecule has 0 saturated carbocycles. The van der Waals surface area contributed by atoms with Crippen molar-refractivity contribution in [1.29, 1.82) is 0 Å². The summed E-state index contributed by atoms with van der Waals surface area (Å²) in [5.41, 5.74) is 1.11. The fourth-order valence-electron chi connectivity index (χ4n) is 1.56. The zero-order chi connectivity index (χ0) is 9.26. The topological polar surface area (TPSA) is 46.5 Å². The van der Waals surface area contributed by atoms with E-state index in [2.05, 4.69) is 0 Å². The van der Waals surface area contributed by atoms with Gasteiger partial charge in [0.1, 0.15) is 11.9 Å². The second-order valence-corrected chi connectivity index (χ2v) is 3.15. The maximum absolute atomic E-state index is 10.4. The Balaban J connectivity index is 2.09. The highest BCUT2D eigenvalue weighted by Gasteiger charge is 2.24. The molecule has 1 aromatic carbocycles. The summed E-state index contributed by atoms with van der Waals surface area (Å²) in [5, 5.41) is 8.57. The van der Waals surface area contributed by atoms with Crippen LogP contribution in [0.5, 0.6) is 5.75 Å². The van der Waals surface area contributed by atoms with Crippen LogP contribution in [0.2, 0.25) is 0 Å². The Morgan fingerprint density at radius 2 is 2.31 bits per heavy atom. The average Bonchev–Trinajstić information content (AvgIpc) is 2.44. The van der Waals surface area contributed by atoms with E-state index in [0.29, 0.717) is 6.42 Å². The lowest BCUT2D eigenvalue weighted by Crippen LogP contribution is -2.17. The van der Waals surface area contributed by atoms with Crippen LogP contribution in [0.15, 0.2) is 24.3 Å². The molecule has 1 atom stereocenters. The monoisotopic (exact) mass is 178 g/mol. The predicted molar refractivity (Wildman–Crippen MR) is 46.8 cm³/mol. The molecule has 68 valence electrons. The van der Waals surface area contributed by atoms with Crippen molar-refractivity contribution in [2.45, 2.75) is 18.9 Å². The average molecular weight is 178 g/mol. The van der Waals surface area contributed by atoms with E-state index in [1.54, 1.807) is 0 Å². The number of hydrogen-bond donors (Lipinski definition) is 1. The van der Waals surface area contributed by atoms with E-state index >= 15 is 0 Å². The summed E-state index contributed by atoms with van der Waals surface area (Å²) in [5.74, 6) is 0.0200. The van der Waals surface area contributed by atoms with E-state index in [1.165, 1.54) is 0 Å². The van der Waals surface area contributed by atoms with E-state index in [1.807, 2.05) is 24.3 Å². The highest BCUT2D eigenvalue weighted by Crippen LogP contribution is 2.29. The highest BCUT2D eigenvalue weighted by molar-refractivity contribution is 5.67. The molecule has 1 aliphatic heterocycles. The van der Waals surface area contributed by atoms with Gasteiger partial charge in [-0.15, -0.1) is 0 Å². The maximum atomic E-state index is 10.4. The third-order valence-corrected chi connectivity index (χ3v) is 2.12. The van der Waals surface area contributed by atoms with Gasteiger partial charge in [0.25, 0.3) is 0 Å². The third kappa shape index (κ3) is 1.64. The van der Waals surface area contributed by atoms with Crippen molar-refractivity contribution in [3.63, 3.8) is 0 Å². The minimum Gasteiger partial charge on any atom is -0.489 e. The van der Waals surface area contributed by atoms with Gasteiger partial charge in [0.2, 0.25) is 0 Å². The van der Waals surface area contributed by atoms with Crippen molar-refractivity contribution in [2.75, 3.05) is 0 Å². The number of rotatable bonds is 2. The van der Waals surface area contributed by atoms with Gasteiger partial charge in [-0.05, 0) is 11.6 Å². The highest BCUT2D eigenvalue weighted by atomic mass is 16.5. The van der Waals surface area contributed by atoms with Crippen LogP contribution in [0.25, 0.3) is 0 Å². The number of carbonyl (C=O) groups is 1. The fourth-order valence-corrected chi connectivity index (χ4v) is 1.56. The molecular formula is C10H10O3. The standard InChI is InChI=1S/C10H10O3/c11-10(12)6-8-5-7-3-1-2-4-9(7)13-8/h1-4,8H,5-6H2,(H,11,12)/t8-/m0/s1. The summed E-state index contributed by atoms with van der Waals surface area (Å²) < 4.78 is 5.44. The van der Waals surface area contributed by atoms with Crippen molar-refractivity contribution in [1.82, 2.24) is 0 Å². The molecule has 0 saturated heterocycles. The second-order valence-electron chi connectivity index (χ2n) is 3.15. The van der Waals surface area contributed by atoms with Crippen molar-refractivity contribution < 1.29 is 14.6 Å². The van der Waals surface area contributed by atoms with E-state index in [9.17, 15) is 4.79 Å². The summed E-state index contributed by atoms with van der Waals surface area (Å²) in [6.45, 7) is 0. The smallest absolute Gasteiger partial charge is 0.307 e. The number of carboxylic acid groups (broad SMARTS) is 1. The van der Waals surface area contributed by atoms with Crippen LogP contribution in [0.4, 0.5) is 0 Å². The lowest BCUT2D eigenvalue weighted by Gasteiger charge is -2.06. The molecule has 0 radical (unpaired) electrons. The van der Waals surface area contributed by atoms with Gasteiger partial charge in [-0.2, -0.15) is 0 Å². The molecule has 0 aliphatic carbocycles. The van der Waals surface area contributed by atoms with Gasteiger partial charge in [0.05, 0.1) is 6.42 Å². The molecular weight excluding hydrogens is 168 g/mol. The van der Waals surface area contributed by atoms with Gasteiger partial charge in [-0.3, -0.25) is 4.79 Å². The predicted octanol–water partition coefficient (Wildman–Crippen LogP) is 1.46. The van der Waals surface area contributed by atoms with E-state index < -0.39 is 5.97 Å². The van der Waals surface area contributed by atoms with Gasteiger partial charge in [-0.25, -0.2) is 0 Å². The number of para-hydroxylation sites is 1. The molecule has 0 bridgehead atoms. The minimum absolute atomic E-state index is 0.0781. The van der Waals surface area contributed by atoms with Crippen LogP contribution in [0, 0.1) is 0 Å². The van der Waals surface area contributed by atoms with Crippen molar-refractivity contribution in [3.8, 4) is 5.75 Å². The van der Waals surface area contributed by atoms with Gasteiger partial charge in [0.15, 0.2) is 0 Å². The summed E-state index contributed by atoms with van der Waals surface area (Å²) >= 11 is 0. The quantitative estimate of drug-likeness (QED) is 0.745. The van der Waals surface area contributed by atoms with Crippen molar-refractivity contribution in [2.24, 2.45) is 0 Å². The Bertz CT molecular complexity index is 308. The Morgan fingerprint density at radius 1 is 1.54 bits per heavy atom. The molecule has 0 fully saturated rings. The number of aliphatic carboxylic acids is 1. The van der Waals surface area contributed by atoms with E-state index in [4.69, 9.17) is 9.84 Å². The van der Waals surface area contributed by atoms with Crippen LogP contribution in [0.3, 0.4) is 0 Å². The number of carboxylic acids is 1. The Hall–Kier alpha value is -1.51. The molecule has 3 heteroatoms. The van der Waals surface area contributed by atoms with Crippen LogP contribution in [-0.2, 0) is 11.2 Å². The fraction of sp³-hybridized carbons (Fsp3) is 0.300. The summed E-state index contributed by atoms with van der Waals surface area (Å²) in [6, 6.07) is 7.67. The van der Waals surface area contributed by atoms with E-state index in [-0.39, 0.29) is 12.5 Å². The van der Waals surface area contributed by atoms with E-state index in [0.717, 1.165) is 11.3 Å². The Labute approximate surface area is 76.0 Å². The molecule has 13 heavy (non-hydrogen) atoms. The Kier molecular flexibility index (Phi) is 1.93. The maximum Gasteiger partial charge on any atom is 0.307 e. The normalized spacial score (nSPS) is 19.2. The Morgan fingerprint density at radius 3 is 3.00 bits per heavy atom. The molecule has 0 unspecified atom stereocenters. The molecule has 3 nitrogen and oxygen atoms in total. The van der Waals surface area contributed by atoms with Gasteiger partial charge < -0.3 is 9.84 Å². The minimum atomic E-state index is -0.808. The van der Waals surface area contributed by atoms with Crippen LogP contribution in [0.1, 0.15) is 12.0 Å². The molecule has 0 amide bonds. The van der Waals surface area contributed by atoms with Gasteiger partial charge in [-0.1, -0.05) is 18.2 Å². The zero-order valence-corrected chi connectivity index (χ0v) is 7.06. The molecule has 0 spiro atoms. The van der Waals surface area contributed by atoms with Crippen LogP contribution in [-0.4, -0.2) is 17.2 Å². The number of ether oxygens (including phenoxy) is 1. The molecule has 0 aromatic heterocycles.